The number of hydrogen-bond donors (Lipinski definition) is 1. The van der Waals surface area contributed by atoms with E-state index in [0.717, 1.165) is 138 Å². The number of H-pyrrole nitrogens is 1. The molecule has 0 aliphatic carbocycles. The third kappa shape index (κ3) is 10.4. The Balaban J connectivity index is 0.00000576. The minimum Gasteiger partial charge on any atom is -0.373 e. The van der Waals surface area contributed by atoms with Crippen molar-refractivity contribution < 1.29 is 17.1 Å². The largest absolute Gasteiger partial charge is 0.373 e. The summed E-state index contributed by atoms with van der Waals surface area (Å²) in [6, 6.07) is 11.0. The fraction of sp³-hybridized carbons (Fsp3) is 0.357. The van der Waals surface area contributed by atoms with Crippen molar-refractivity contribution in [1.29, 1.82) is 0 Å². The molecule has 8 nitrogen and oxygen atoms in total. The third-order valence-corrected chi connectivity index (χ3v) is 13.0. The number of hydrogen-bond acceptors (Lipinski definition) is 6. The van der Waals surface area contributed by atoms with Gasteiger partial charge in [-0.3, -0.25) is 0 Å². The summed E-state index contributed by atoms with van der Waals surface area (Å²) in [7, 11) is 0. The molecule has 8 bridgehead atoms. The standard InChI is InChI=1S/C56H66N8.Mn/c1-5-9-27-60-31-13-17-42(38-60)53-51-26-25-48(59-51)36-47-22-21-45(57-47)35-46-23-24-49(58-46)37-52-54(43-18-14-32-61(39-43)28-10-6-2)55(44-19-15-33-62(40-44)29-11-7-3)56(53)64(52)50-20-16-34-63(41-50)30-12-8-4;/h13-26,31-37,57H,5-12,27-30,38-41H2,1-4H3;. The first-order valence-electron chi connectivity index (χ1n) is 24.2. The summed E-state index contributed by atoms with van der Waals surface area (Å²) in [4.78, 5) is 24.5. The van der Waals surface area contributed by atoms with Gasteiger partial charge in [0.2, 0.25) is 0 Å². The zero-order valence-corrected chi connectivity index (χ0v) is 40.1. The Morgan fingerprint density at radius 1 is 0.492 bits per heavy atom. The zero-order chi connectivity index (χ0) is 43.8. The molecule has 0 atom stereocenters. The Bertz CT molecular complexity index is 2710. The van der Waals surface area contributed by atoms with Crippen LogP contribution in [0.25, 0.3) is 68.8 Å². The van der Waals surface area contributed by atoms with Gasteiger partial charge in [0.05, 0.1) is 40.4 Å². The second kappa shape index (κ2) is 21.5. The van der Waals surface area contributed by atoms with Crippen molar-refractivity contribution in [3.05, 3.63) is 143 Å². The number of nitrogens with one attached hydrogen (secondary N) is 1. The van der Waals surface area contributed by atoms with E-state index >= 15 is 0 Å². The van der Waals surface area contributed by atoms with E-state index in [0.29, 0.717) is 0 Å². The molecule has 9 heteroatoms. The van der Waals surface area contributed by atoms with Crippen LogP contribution in [0.2, 0.25) is 0 Å². The van der Waals surface area contributed by atoms with Crippen LogP contribution in [0.15, 0.2) is 104 Å². The third-order valence-electron chi connectivity index (χ3n) is 13.0. The van der Waals surface area contributed by atoms with E-state index < -0.39 is 0 Å². The van der Waals surface area contributed by atoms with Crippen LogP contribution in [-0.4, -0.2) is 91.5 Å². The van der Waals surface area contributed by atoms with Crippen LogP contribution >= 0.6 is 0 Å². The van der Waals surface area contributed by atoms with Gasteiger partial charge >= 0.3 is 0 Å². The summed E-state index contributed by atoms with van der Waals surface area (Å²) in [6.07, 6.45) is 45.7. The van der Waals surface area contributed by atoms with Crippen molar-refractivity contribution in [2.75, 3.05) is 52.4 Å². The fourth-order valence-electron chi connectivity index (χ4n) is 9.64. The first kappa shape index (κ1) is 45.8. The Kier molecular flexibility index (Phi) is 15.1. The van der Waals surface area contributed by atoms with E-state index in [1.54, 1.807) is 0 Å². The van der Waals surface area contributed by atoms with Gasteiger partial charge in [0.1, 0.15) is 0 Å². The molecule has 9 rings (SSSR count). The van der Waals surface area contributed by atoms with E-state index in [4.69, 9.17) is 9.97 Å². The second-order valence-corrected chi connectivity index (χ2v) is 17.9. The van der Waals surface area contributed by atoms with Crippen molar-refractivity contribution in [3.8, 4) is 0 Å². The number of allylic oxidation sites excluding steroid dienone is 8. The molecule has 0 fully saturated rings. The topological polar surface area (TPSA) is 59.5 Å². The molecule has 0 spiro atoms. The number of aromatic nitrogens is 4. The SMILES string of the molecule is CCCCN1C=CC=C(c2c(C3=CC=CN(CCCC)C3)c3c(C4=CC=CN(CCCC)C4)c4nc(cc5ccc(cc6nc(cc2n3C2=CC=CN(CCCC)C2)C=C6)[nH]5)C=C4)C1.[Mn]. The maximum absolute atomic E-state index is 5.57. The van der Waals surface area contributed by atoms with Crippen LogP contribution < -0.4 is 0 Å². The minimum atomic E-state index is 0. The van der Waals surface area contributed by atoms with Crippen LogP contribution in [0.5, 0.6) is 0 Å². The van der Waals surface area contributed by atoms with Gasteiger partial charge in [-0.05, 0) is 152 Å². The second-order valence-electron chi connectivity index (χ2n) is 17.9. The summed E-state index contributed by atoms with van der Waals surface area (Å²) in [6.45, 7) is 16.5. The van der Waals surface area contributed by atoms with Gasteiger partial charge in [0.25, 0.3) is 0 Å². The Morgan fingerprint density at radius 3 is 1.48 bits per heavy atom. The van der Waals surface area contributed by atoms with E-state index in [2.05, 4.69) is 185 Å². The molecule has 6 aliphatic rings. The maximum Gasteiger partial charge on any atom is 0.0734 e. The number of rotatable bonds is 16. The maximum atomic E-state index is 5.57. The van der Waals surface area contributed by atoms with Crippen LogP contribution in [0.3, 0.4) is 0 Å². The Morgan fingerprint density at radius 2 is 0.938 bits per heavy atom. The molecule has 337 valence electrons. The molecule has 3 aromatic rings. The van der Waals surface area contributed by atoms with Gasteiger partial charge in [-0.25, -0.2) is 9.97 Å². The first-order valence-corrected chi connectivity index (χ1v) is 24.2. The fourth-order valence-corrected chi connectivity index (χ4v) is 9.64. The molecule has 65 heavy (non-hydrogen) atoms. The molecule has 0 unspecified atom stereocenters. The van der Waals surface area contributed by atoms with Crippen LogP contribution in [0.1, 0.15) is 119 Å². The normalized spacial score (nSPS) is 16.6. The number of fused-ring (bicyclic) bond motifs is 8. The van der Waals surface area contributed by atoms with Gasteiger partial charge in [-0.2, -0.15) is 0 Å². The van der Waals surface area contributed by atoms with Crippen molar-refractivity contribution in [2.24, 2.45) is 0 Å². The molecule has 1 N–H and O–H groups in total. The van der Waals surface area contributed by atoms with Gasteiger partial charge < -0.3 is 29.2 Å². The summed E-state index contributed by atoms with van der Waals surface area (Å²) in [5.74, 6) is 0. The van der Waals surface area contributed by atoms with E-state index in [9.17, 15) is 0 Å². The molecule has 0 aromatic carbocycles. The van der Waals surface area contributed by atoms with Crippen molar-refractivity contribution in [1.82, 2.24) is 39.1 Å². The van der Waals surface area contributed by atoms with E-state index in [1.165, 1.54) is 50.1 Å². The van der Waals surface area contributed by atoms with Crippen LogP contribution in [0.4, 0.5) is 0 Å². The molecule has 6 aliphatic heterocycles. The van der Waals surface area contributed by atoms with Gasteiger partial charge in [-0.15, -0.1) is 0 Å². The molecule has 0 amide bonds. The number of nitrogens with zero attached hydrogens (tertiary/aromatic N) is 7. The van der Waals surface area contributed by atoms with Gasteiger partial charge in [0, 0.05) is 96.3 Å². The smallest absolute Gasteiger partial charge is 0.0734 e. The Labute approximate surface area is 397 Å². The predicted molar refractivity (Wildman–Crippen MR) is 273 cm³/mol. The van der Waals surface area contributed by atoms with E-state index in [-0.39, 0.29) is 17.1 Å². The molecular weight excluding hydrogens is 840 g/mol. The van der Waals surface area contributed by atoms with Crippen LogP contribution in [0, 0.1) is 0 Å². The summed E-state index contributed by atoms with van der Waals surface area (Å²) in [5.41, 5.74) is 17.2. The average molecular weight is 906 g/mol. The average Bonchev–Trinajstić information content (AvgIpc) is 4.14. The molecular formula is C56H66MnN8. The summed E-state index contributed by atoms with van der Waals surface area (Å²) >= 11 is 0. The monoisotopic (exact) mass is 905 g/mol. The zero-order valence-electron chi connectivity index (χ0n) is 38.9. The van der Waals surface area contributed by atoms with Gasteiger partial charge in [-0.1, -0.05) is 71.6 Å². The Hall–Kier alpha value is -5.76. The van der Waals surface area contributed by atoms with Crippen molar-refractivity contribution in [2.45, 2.75) is 79.1 Å². The van der Waals surface area contributed by atoms with Gasteiger partial charge in [0.15, 0.2) is 0 Å². The number of unbranched alkanes of at least 4 members (excludes halogenated alkanes) is 4. The molecule has 3 aromatic heterocycles. The molecule has 9 heterocycles. The predicted octanol–water partition coefficient (Wildman–Crippen LogP) is 12.6. The molecule has 0 saturated carbocycles. The van der Waals surface area contributed by atoms with Crippen molar-refractivity contribution in [3.63, 3.8) is 0 Å². The summed E-state index contributed by atoms with van der Waals surface area (Å²) in [5, 5.41) is 0. The quantitative estimate of drug-likeness (QED) is 0.0996. The molecule has 1 radical (unpaired) electrons. The summed E-state index contributed by atoms with van der Waals surface area (Å²) < 4.78 is 2.64. The number of aromatic amines is 1. The molecule has 0 saturated heterocycles. The van der Waals surface area contributed by atoms with E-state index in [1.807, 2.05) is 0 Å². The van der Waals surface area contributed by atoms with Crippen LogP contribution in [-0.2, 0) is 17.1 Å². The first-order chi connectivity index (χ1) is 31.5. The minimum absolute atomic E-state index is 0. The van der Waals surface area contributed by atoms with Crippen molar-refractivity contribution >= 4 is 68.8 Å².